The van der Waals surface area contributed by atoms with Gasteiger partial charge >= 0.3 is 0 Å². The third-order valence-electron chi connectivity index (χ3n) is 3.68. The minimum atomic E-state index is -0.405. The minimum Gasteiger partial charge on any atom is -0.497 e. The van der Waals surface area contributed by atoms with Crippen LogP contribution in [-0.4, -0.2) is 18.6 Å². The maximum absolute atomic E-state index is 10.7. The van der Waals surface area contributed by atoms with Gasteiger partial charge in [0.1, 0.15) is 12.0 Å². The first-order valence-corrected chi connectivity index (χ1v) is 6.94. The molecule has 2 aromatic carbocycles. The van der Waals surface area contributed by atoms with Gasteiger partial charge in [0.2, 0.25) is 0 Å². The fourth-order valence-electron chi connectivity index (χ4n) is 2.46. The van der Waals surface area contributed by atoms with Crippen molar-refractivity contribution in [3.8, 4) is 5.75 Å². The van der Waals surface area contributed by atoms with E-state index >= 15 is 0 Å². The quantitative estimate of drug-likeness (QED) is 0.694. The van der Waals surface area contributed by atoms with Gasteiger partial charge in [-0.05, 0) is 35.4 Å². The van der Waals surface area contributed by atoms with Crippen LogP contribution in [0.2, 0.25) is 0 Å². The topological polar surface area (TPSA) is 73.6 Å². The monoisotopic (exact) mass is 300 g/mol. The first-order valence-electron chi connectivity index (χ1n) is 6.94. The van der Waals surface area contributed by atoms with E-state index in [1.165, 1.54) is 12.1 Å². The summed E-state index contributed by atoms with van der Waals surface area (Å²) in [6, 6.07) is 14.2. The number of hydrogen-bond donors (Lipinski definition) is 1. The van der Waals surface area contributed by atoms with Crippen LogP contribution in [0.25, 0.3) is 0 Å². The molecule has 0 amide bonds. The normalized spacial score (nSPS) is 20.8. The Balaban J connectivity index is 1.69. The van der Waals surface area contributed by atoms with Gasteiger partial charge in [0.05, 0.1) is 18.1 Å². The molecule has 1 aliphatic heterocycles. The van der Waals surface area contributed by atoms with Crippen molar-refractivity contribution in [2.24, 2.45) is 0 Å². The van der Waals surface area contributed by atoms with Crippen LogP contribution in [0.1, 0.15) is 23.5 Å². The summed E-state index contributed by atoms with van der Waals surface area (Å²) in [5, 5.41) is 14.0. The van der Waals surface area contributed by atoms with E-state index in [9.17, 15) is 10.1 Å². The molecule has 0 aromatic heterocycles. The van der Waals surface area contributed by atoms with Gasteiger partial charge in [-0.1, -0.05) is 12.1 Å². The summed E-state index contributed by atoms with van der Waals surface area (Å²) in [6.45, 7) is 0.661. The van der Waals surface area contributed by atoms with Crippen LogP contribution < -0.4 is 10.1 Å². The molecular weight excluding hydrogens is 284 g/mol. The van der Waals surface area contributed by atoms with Gasteiger partial charge in [-0.2, -0.15) is 0 Å². The van der Waals surface area contributed by atoms with Crippen LogP contribution in [0.4, 0.5) is 5.69 Å². The van der Waals surface area contributed by atoms with Crippen LogP contribution in [0.3, 0.4) is 0 Å². The molecule has 1 saturated heterocycles. The van der Waals surface area contributed by atoms with E-state index in [4.69, 9.17) is 9.47 Å². The lowest BCUT2D eigenvalue weighted by atomic mass is 10.1. The van der Waals surface area contributed by atoms with E-state index in [0.717, 1.165) is 16.9 Å². The summed E-state index contributed by atoms with van der Waals surface area (Å²) in [6.07, 6.45) is -0.306. The number of benzene rings is 2. The third-order valence-corrected chi connectivity index (χ3v) is 3.68. The summed E-state index contributed by atoms with van der Waals surface area (Å²) in [5.41, 5.74) is 2.03. The highest BCUT2D eigenvalue weighted by atomic mass is 16.6. The first kappa shape index (κ1) is 14.5. The van der Waals surface area contributed by atoms with Gasteiger partial charge in [0.15, 0.2) is 0 Å². The molecule has 2 atom stereocenters. The highest BCUT2D eigenvalue weighted by Gasteiger charge is 2.27. The molecule has 0 spiro atoms. The average Bonchev–Trinajstić information content (AvgIpc) is 3.05. The smallest absolute Gasteiger partial charge is 0.269 e. The van der Waals surface area contributed by atoms with Crippen molar-refractivity contribution in [1.82, 2.24) is 5.32 Å². The van der Waals surface area contributed by atoms with Crippen LogP contribution in [0, 0.1) is 10.1 Å². The van der Waals surface area contributed by atoms with Crippen molar-refractivity contribution in [3.63, 3.8) is 0 Å². The van der Waals surface area contributed by atoms with Gasteiger partial charge in [-0.15, -0.1) is 0 Å². The van der Waals surface area contributed by atoms with Gasteiger partial charge in [0, 0.05) is 18.7 Å². The third kappa shape index (κ3) is 2.93. The van der Waals surface area contributed by atoms with E-state index < -0.39 is 4.92 Å². The lowest BCUT2D eigenvalue weighted by Crippen LogP contribution is -2.13. The number of nitrogens with one attached hydrogen (secondary N) is 1. The summed E-state index contributed by atoms with van der Waals surface area (Å²) in [7, 11) is 1.63. The van der Waals surface area contributed by atoms with E-state index in [1.54, 1.807) is 19.2 Å². The molecule has 2 aromatic rings. The zero-order valence-corrected chi connectivity index (χ0v) is 12.1. The molecule has 1 heterocycles. The Morgan fingerprint density at radius 1 is 1.14 bits per heavy atom. The van der Waals surface area contributed by atoms with Gasteiger partial charge in [0.25, 0.3) is 5.69 Å². The van der Waals surface area contributed by atoms with Crippen molar-refractivity contribution >= 4 is 5.69 Å². The minimum absolute atomic E-state index is 0.0846. The average molecular weight is 300 g/mol. The van der Waals surface area contributed by atoms with Crippen LogP contribution >= 0.6 is 0 Å². The SMILES string of the molecule is COc1ccc([C@H]2NC[C@@H](c3ccc([N+](=O)[O-])cc3)O2)cc1. The Morgan fingerprint density at radius 2 is 1.77 bits per heavy atom. The van der Waals surface area contributed by atoms with Crippen molar-refractivity contribution in [2.75, 3.05) is 13.7 Å². The number of nitro groups is 1. The van der Waals surface area contributed by atoms with Gasteiger partial charge < -0.3 is 9.47 Å². The number of nitrogens with zero attached hydrogens (tertiary/aromatic N) is 1. The lowest BCUT2D eigenvalue weighted by Gasteiger charge is -2.13. The second-order valence-corrected chi connectivity index (χ2v) is 5.03. The zero-order valence-electron chi connectivity index (χ0n) is 12.1. The van der Waals surface area contributed by atoms with Crippen molar-refractivity contribution in [3.05, 3.63) is 69.8 Å². The van der Waals surface area contributed by atoms with E-state index in [1.807, 2.05) is 24.3 Å². The van der Waals surface area contributed by atoms with Crippen molar-refractivity contribution in [2.45, 2.75) is 12.3 Å². The van der Waals surface area contributed by atoms with Crippen LogP contribution in [0.15, 0.2) is 48.5 Å². The second kappa shape index (κ2) is 6.13. The molecule has 0 radical (unpaired) electrons. The Bertz CT molecular complexity index is 655. The van der Waals surface area contributed by atoms with E-state index in [-0.39, 0.29) is 18.0 Å². The van der Waals surface area contributed by atoms with E-state index in [0.29, 0.717) is 6.54 Å². The van der Waals surface area contributed by atoms with Crippen LogP contribution in [-0.2, 0) is 4.74 Å². The van der Waals surface area contributed by atoms with E-state index in [2.05, 4.69) is 5.32 Å². The standard InChI is InChI=1S/C16H16N2O4/c1-21-14-8-4-12(5-9-14)16-17-10-15(22-16)11-2-6-13(7-3-11)18(19)20/h2-9,15-17H,10H2,1H3/t15-,16-/m0/s1. The number of nitro benzene ring substituents is 1. The Hall–Kier alpha value is -2.44. The van der Waals surface area contributed by atoms with Crippen LogP contribution in [0.5, 0.6) is 5.75 Å². The fourth-order valence-corrected chi connectivity index (χ4v) is 2.46. The number of ether oxygens (including phenoxy) is 2. The highest BCUT2D eigenvalue weighted by molar-refractivity contribution is 5.34. The number of hydrogen-bond acceptors (Lipinski definition) is 5. The van der Waals surface area contributed by atoms with Crippen molar-refractivity contribution < 1.29 is 14.4 Å². The molecule has 1 fully saturated rings. The van der Waals surface area contributed by atoms with Gasteiger partial charge in [-0.25, -0.2) is 0 Å². The molecule has 1 N–H and O–H groups in total. The fraction of sp³-hybridized carbons (Fsp3) is 0.250. The molecule has 0 bridgehead atoms. The summed E-state index contributed by atoms with van der Waals surface area (Å²) < 4.78 is 11.1. The first-order chi connectivity index (χ1) is 10.7. The summed E-state index contributed by atoms with van der Waals surface area (Å²) in [4.78, 5) is 10.3. The Morgan fingerprint density at radius 3 is 2.36 bits per heavy atom. The Kier molecular flexibility index (Phi) is 4.04. The maximum atomic E-state index is 10.7. The molecule has 0 saturated carbocycles. The molecule has 0 aliphatic carbocycles. The molecule has 3 rings (SSSR count). The number of rotatable bonds is 4. The number of non-ortho nitro benzene ring substituents is 1. The predicted molar refractivity (Wildman–Crippen MR) is 80.7 cm³/mol. The molecule has 0 unspecified atom stereocenters. The van der Waals surface area contributed by atoms with Crippen molar-refractivity contribution in [1.29, 1.82) is 0 Å². The Labute approximate surface area is 127 Å². The molecular formula is C16H16N2O4. The largest absolute Gasteiger partial charge is 0.497 e. The number of methoxy groups -OCH3 is 1. The maximum Gasteiger partial charge on any atom is 0.269 e. The second-order valence-electron chi connectivity index (χ2n) is 5.03. The lowest BCUT2D eigenvalue weighted by molar-refractivity contribution is -0.384. The van der Waals surface area contributed by atoms with Gasteiger partial charge in [-0.3, -0.25) is 15.4 Å². The molecule has 1 aliphatic rings. The predicted octanol–water partition coefficient (Wildman–Crippen LogP) is 2.96. The molecule has 22 heavy (non-hydrogen) atoms. The zero-order chi connectivity index (χ0) is 15.5. The highest BCUT2D eigenvalue weighted by Crippen LogP contribution is 2.31. The summed E-state index contributed by atoms with van der Waals surface area (Å²) in [5.74, 6) is 0.800. The molecule has 6 nitrogen and oxygen atoms in total. The summed E-state index contributed by atoms with van der Waals surface area (Å²) >= 11 is 0. The molecule has 114 valence electrons. The molecule has 6 heteroatoms.